The number of carbonyl (C=O) groups is 2. The van der Waals surface area contributed by atoms with Crippen LogP contribution in [-0.2, 0) is 16.0 Å². The molecule has 0 amide bonds. The quantitative estimate of drug-likeness (QED) is 0.863. The zero-order valence-electron chi connectivity index (χ0n) is 10.4. The van der Waals surface area contributed by atoms with E-state index in [1.54, 1.807) is 12.1 Å². The Labute approximate surface area is 118 Å². The van der Waals surface area contributed by atoms with Gasteiger partial charge in [-0.2, -0.15) is 0 Å². The van der Waals surface area contributed by atoms with E-state index in [1.807, 2.05) is 0 Å². The van der Waals surface area contributed by atoms with E-state index in [-0.39, 0.29) is 17.1 Å². The minimum atomic E-state index is -1.18. The van der Waals surface area contributed by atoms with Gasteiger partial charge in [-0.3, -0.25) is 4.40 Å². The van der Waals surface area contributed by atoms with Crippen LogP contribution in [0.25, 0.3) is 5.65 Å². The maximum atomic E-state index is 11.2. The number of pyridine rings is 1. The van der Waals surface area contributed by atoms with Gasteiger partial charge >= 0.3 is 11.9 Å². The van der Waals surface area contributed by atoms with Crippen molar-refractivity contribution < 1.29 is 24.5 Å². The number of halogens is 1. The smallest absolute Gasteiger partial charge is 0.354 e. The average Bonchev–Trinajstić information content (AvgIpc) is 2.81. The Bertz CT molecular complexity index is 682. The molecule has 0 spiro atoms. The highest BCUT2D eigenvalue weighted by molar-refractivity contribution is 6.31. The van der Waals surface area contributed by atoms with E-state index in [1.165, 1.54) is 17.7 Å². The van der Waals surface area contributed by atoms with E-state index in [0.29, 0.717) is 11.3 Å². The van der Waals surface area contributed by atoms with Crippen LogP contribution in [0.15, 0.2) is 18.3 Å². The third-order valence-corrected chi connectivity index (χ3v) is 3.22. The molecule has 0 radical (unpaired) electrons. The molecule has 0 aliphatic carbocycles. The molecule has 2 aromatic rings. The predicted molar refractivity (Wildman–Crippen MR) is 69.3 cm³/mol. The highest BCUT2D eigenvalue weighted by Gasteiger charge is 2.22. The fourth-order valence-corrected chi connectivity index (χ4v) is 2.13. The van der Waals surface area contributed by atoms with Crippen molar-refractivity contribution in [1.29, 1.82) is 0 Å². The lowest BCUT2D eigenvalue weighted by Gasteiger charge is -2.14. The first-order valence-corrected chi connectivity index (χ1v) is 5.97. The summed E-state index contributed by atoms with van der Waals surface area (Å²) in [5.41, 5.74) is 0.619. The van der Waals surface area contributed by atoms with Crippen LogP contribution in [-0.4, -0.2) is 44.8 Å². The van der Waals surface area contributed by atoms with E-state index < -0.39 is 18.0 Å². The Morgan fingerprint density at radius 1 is 1.45 bits per heavy atom. The first-order valence-electron chi connectivity index (χ1n) is 5.59. The minimum Gasteiger partial charge on any atom is -0.479 e. The lowest BCUT2D eigenvalue weighted by Crippen LogP contribution is -2.26. The van der Waals surface area contributed by atoms with Crippen molar-refractivity contribution in [3.63, 3.8) is 0 Å². The van der Waals surface area contributed by atoms with Gasteiger partial charge in [0.15, 0.2) is 11.8 Å². The first kappa shape index (κ1) is 14.3. The number of carboxylic acids is 2. The minimum absolute atomic E-state index is 0.0708. The molecule has 2 heterocycles. The molecule has 0 saturated heterocycles. The maximum Gasteiger partial charge on any atom is 0.354 e. The molecular weight excluding hydrogens is 288 g/mol. The SMILES string of the molecule is COC(Cc1c(Cl)ccc2ncc(C(=O)O)n12)C(=O)O. The van der Waals surface area contributed by atoms with Crippen LogP contribution in [0.5, 0.6) is 0 Å². The number of carboxylic acid groups (broad SMARTS) is 2. The van der Waals surface area contributed by atoms with Crippen molar-refractivity contribution in [3.05, 3.63) is 34.7 Å². The zero-order valence-corrected chi connectivity index (χ0v) is 11.2. The molecule has 2 N–H and O–H groups in total. The van der Waals surface area contributed by atoms with Crippen molar-refractivity contribution in [3.8, 4) is 0 Å². The van der Waals surface area contributed by atoms with Crippen molar-refractivity contribution in [2.45, 2.75) is 12.5 Å². The molecule has 106 valence electrons. The summed E-state index contributed by atoms with van der Waals surface area (Å²) in [6, 6.07) is 3.10. The highest BCUT2D eigenvalue weighted by atomic mass is 35.5. The van der Waals surface area contributed by atoms with Gasteiger partial charge in [-0.1, -0.05) is 11.6 Å². The summed E-state index contributed by atoms with van der Waals surface area (Å²) in [6.07, 6.45) is 0.000715. The van der Waals surface area contributed by atoms with Gasteiger partial charge in [-0.25, -0.2) is 14.6 Å². The second-order valence-electron chi connectivity index (χ2n) is 4.04. The number of aromatic nitrogens is 2. The number of aliphatic carboxylic acids is 1. The summed E-state index contributed by atoms with van der Waals surface area (Å²) in [4.78, 5) is 26.2. The molecule has 20 heavy (non-hydrogen) atoms. The molecule has 1 unspecified atom stereocenters. The van der Waals surface area contributed by atoms with Gasteiger partial charge in [-0.05, 0) is 12.1 Å². The van der Waals surface area contributed by atoms with Crippen LogP contribution in [0.4, 0.5) is 0 Å². The van der Waals surface area contributed by atoms with Crippen LogP contribution in [0.1, 0.15) is 16.2 Å². The van der Waals surface area contributed by atoms with Gasteiger partial charge in [0, 0.05) is 19.2 Å². The van der Waals surface area contributed by atoms with E-state index in [2.05, 4.69) is 4.98 Å². The number of fused-ring (bicyclic) bond motifs is 1. The number of aromatic carboxylic acids is 1. The summed E-state index contributed by atoms with van der Waals surface area (Å²) in [6.45, 7) is 0. The molecule has 0 bridgehead atoms. The van der Waals surface area contributed by atoms with Crippen LogP contribution in [0.3, 0.4) is 0 Å². The van der Waals surface area contributed by atoms with Gasteiger partial charge in [0.05, 0.1) is 11.2 Å². The number of hydrogen-bond acceptors (Lipinski definition) is 4. The molecule has 2 aromatic heterocycles. The van der Waals surface area contributed by atoms with Crippen molar-refractivity contribution >= 4 is 29.2 Å². The number of hydrogen-bond donors (Lipinski definition) is 2. The third-order valence-electron chi connectivity index (χ3n) is 2.87. The van der Waals surface area contributed by atoms with Crippen LogP contribution in [0, 0.1) is 0 Å². The lowest BCUT2D eigenvalue weighted by molar-refractivity contribution is -0.148. The topological polar surface area (TPSA) is 101 Å². The van der Waals surface area contributed by atoms with Crippen LogP contribution < -0.4 is 0 Å². The van der Waals surface area contributed by atoms with Gasteiger partial charge in [0.2, 0.25) is 0 Å². The molecular formula is C12H11ClN2O5. The van der Waals surface area contributed by atoms with E-state index in [9.17, 15) is 9.59 Å². The fourth-order valence-electron chi connectivity index (χ4n) is 1.90. The molecule has 2 rings (SSSR count). The highest BCUT2D eigenvalue weighted by Crippen LogP contribution is 2.22. The van der Waals surface area contributed by atoms with E-state index in [0.717, 1.165) is 0 Å². The standard InChI is InChI=1S/C12H11ClN2O5/c1-20-9(12(18)19)4-7-6(13)2-3-10-14-5-8(11(16)17)15(7)10/h2-3,5,9H,4H2,1H3,(H,16,17)(H,18,19). The Morgan fingerprint density at radius 2 is 2.15 bits per heavy atom. The maximum absolute atomic E-state index is 11.2. The van der Waals surface area contributed by atoms with E-state index in [4.69, 9.17) is 26.6 Å². The Kier molecular flexibility index (Phi) is 3.91. The summed E-state index contributed by atoms with van der Waals surface area (Å²) in [7, 11) is 1.26. The Hall–Kier alpha value is -2.12. The molecule has 0 aliphatic heterocycles. The number of imidazole rings is 1. The number of ether oxygens (including phenoxy) is 1. The number of methoxy groups -OCH3 is 1. The fraction of sp³-hybridized carbons (Fsp3) is 0.250. The van der Waals surface area contributed by atoms with Crippen molar-refractivity contribution in [2.75, 3.05) is 7.11 Å². The zero-order chi connectivity index (χ0) is 14.9. The second-order valence-corrected chi connectivity index (χ2v) is 4.44. The molecule has 7 nitrogen and oxygen atoms in total. The number of nitrogens with zero attached hydrogens (tertiary/aromatic N) is 2. The normalized spacial score (nSPS) is 12.5. The average molecular weight is 299 g/mol. The number of rotatable bonds is 5. The van der Waals surface area contributed by atoms with Crippen molar-refractivity contribution in [1.82, 2.24) is 9.38 Å². The molecule has 0 fully saturated rings. The lowest BCUT2D eigenvalue weighted by atomic mass is 10.1. The predicted octanol–water partition coefficient (Wildman–Crippen LogP) is 1.33. The summed E-state index contributed by atoms with van der Waals surface area (Å²) >= 11 is 6.05. The van der Waals surface area contributed by atoms with Gasteiger partial charge in [0.1, 0.15) is 5.65 Å². The Morgan fingerprint density at radius 3 is 2.70 bits per heavy atom. The van der Waals surface area contributed by atoms with Gasteiger partial charge < -0.3 is 14.9 Å². The summed E-state index contributed by atoms with van der Waals surface area (Å²) in [5.74, 6) is -2.33. The summed E-state index contributed by atoms with van der Waals surface area (Å²) < 4.78 is 6.18. The van der Waals surface area contributed by atoms with Crippen LogP contribution >= 0.6 is 11.6 Å². The second kappa shape index (κ2) is 5.48. The largest absolute Gasteiger partial charge is 0.479 e. The van der Waals surface area contributed by atoms with Crippen molar-refractivity contribution in [2.24, 2.45) is 0 Å². The van der Waals surface area contributed by atoms with E-state index >= 15 is 0 Å². The first-order chi connectivity index (χ1) is 9.45. The van der Waals surface area contributed by atoms with Gasteiger partial charge in [-0.15, -0.1) is 0 Å². The monoisotopic (exact) mass is 298 g/mol. The molecule has 0 aliphatic rings. The molecule has 1 atom stereocenters. The summed E-state index contributed by atoms with van der Waals surface area (Å²) in [5, 5.41) is 18.4. The molecule has 0 aromatic carbocycles. The Balaban J connectivity index is 2.61. The molecule has 0 saturated carbocycles. The third kappa shape index (κ3) is 2.45. The van der Waals surface area contributed by atoms with Crippen LogP contribution in [0.2, 0.25) is 5.02 Å². The van der Waals surface area contributed by atoms with Gasteiger partial charge in [0.25, 0.3) is 0 Å². The molecule has 8 heteroatoms.